The molecule has 0 amide bonds. The summed E-state index contributed by atoms with van der Waals surface area (Å²) in [6, 6.07) is 13.8. The number of benzene rings is 2. The second-order valence-corrected chi connectivity index (χ2v) is 7.28. The van der Waals surface area contributed by atoms with Gasteiger partial charge in [0, 0.05) is 36.7 Å². The number of nitrogens with one attached hydrogen (secondary N) is 3. The van der Waals surface area contributed by atoms with E-state index < -0.39 is 0 Å². The number of nitrogens with zero attached hydrogens (tertiary/aromatic N) is 2. The molecule has 0 bridgehead atoms. The highest BCUT2D eigenvalue weighted by molar-refractivity contribution is 5.83. The van der Waals surface area contributed by atoms with E-state index in [2.05, 4.69) is 26.6 Å². The van der Waals surface area contributed by atoms with E-state index in [0.29, 0.717) is 16.7 Å². The maximum absolute atomic E-state index is 12.9. The number of aromatic nitrogens is 4. The topological polar surface area (TPSA) is 95.7 Å². The van der Waals surface area contributed by atoms with Crippen molar-refractivity contribution in [1.29, 1.82) is 0 Å². The van der Waals surface area contributed by atoms with Crippen LogP contribution in [0.15, 0.2) is 59.7 Å². The van der Waals surface area contributed by atoms with Gasteiger partial charge in [0.05, 0.1) is 24.2 Å². The van der Waals surface area contributed by atoms with Crippen LogP contribution in [0.3, 0.4) is 0 Å². The largest absolute Gasteiger partial charge is 0.496 e. The number of rotatable bonds is 4. The van der Waals surface area contributed by atoms with Crippen LogP contribution in [0.2, 0.25) is 0 Å². The van der Waals surface area contributed by atoms with Crippen LogP contribution in [-0.2, 0) is 0 Å². The predicted molar refractivity (Wildman–Crippen MR) is 111 cm³/mol. The van der Waals surface area contributed by atoms with Crippen molar-refractivity contribution in [3.05, 3.63) is 76.6 Å². The van der Waals surface area contributed by atoms with Crippen molar-refractivity contribution in [2.24, 2.45) is 0 Å². The van der Waals surface area contributed by atoms with E-state index in [1.54, 1.807) is 19.5 Å². The lowest BCUT2D eigenvalue weighted by atomic mass is 9.87. The van der Waals surface area contributed by atoms with Gasteiger partial charge in [-0.05, 0) is 29.3 Å². The lowest BCUT2D eigenvalue weighted by Gasteiger charge is -2.20. The van der Waals surface area contributed by atoms with Gasteiger partial charge in [0.1, 0.15) is 11.6 Å². The molecule has 1 saturated heterocycles. The number of hydrogen-bond donors (Lipinski definition) is 3. The van der Waals surface area contributed by atoms with Crippen molar-refractivity contribution in [2.75, 3.05) is 20.2 Å². The Labute approximate surface area is 167 Å². The quantitative estimate of drug-likeness (QED) is 0.500. The third-order valence-corrected chi connectivity index (χ3v) is 5.66. The molecule has 2 aromatic heterocycles. The summed E-state index contributed by atoms with van der Waals surface area (Å²) in [5.41, 5.74) is 3.57. The van der Waals surface area contributed by atoms with E-state index in [4.69, 9.17) is 9.72 Å². The van der Waals surface area contributed by atoms with Crippen molar-refractivity contribution in [3.8, 4) is 16.9 Å². The first-order valence-electron chi connectivity index (χ1n) is 9.61. The molecule has 0 saturated carbocycles. The van der Waals surface area contributed by atoms with Gasteiger partial charge >= 0.3 is 0 Å². The minimum absolute atomic E-state index is 0.0666. The third kappa shape index (κ3) is 3.09. The smallest absolute Gasteiger partial charge is 0.258 e. The second kappa shape index (κ2) is 7.18. The number of aromatic amines is 2. The van der Waals surface area contributed by atoms with Crippen LogP contribution in [0, 0.1) is 0 Å². The Morgan fingerprint density at radius 1 is 1.07 bits per heavy atom. The molecule has 2 unspecified atom stereocenters. The fourth-order valence-electron chi connectivity index (χ4n) is 4.19. The zero-order valence-corrected chi connectivity index (χ0v) is 16.0. The summed E-state index contributed by atoms with van der Waals surface area (Å²) >= 11 is 0. The van der Waals surface area contributed by atoms with Crippen molar-refractivity contribution >= 4 is 10.9 Å². The summed E-state index contributed by atoms with van der Waals surface area (Å²) < 4.78 is 5.56. The number of fused-ring (bicyclic) bond motifs is 1. The number of methoxy groups -OCH3 is 1. The minimum Gasteiger partial charge on any atom is -0.496 e. The SMILES string of the molecule is COc1ccccc1C1CNCC1c1nc2ccc(-c3cn[nH]c3)cc2c(=O)[nH]1. The van der Waals surface area contributed by atoms with Crippen LogP contribution in [0.4, 0.5) is 0 Å². The van der Waals surface area contributed by atoms with E-state index in [0.717, 1.165) is 35.5 Å². The van der Waals surface area contributed by atoms with Crippen molar-refractivity contribution in [3.63, 3.8) is 0 Å². The highest BCUT2D eigenvalue weighted by atomic mass is 16.5. The maximum atomic E-state index is 12.9. The molecular weight excluding hydrogens is 366 g/mol. The molecule has 2 aromatic carbocycles. The van der Waals surface area contributed by atoms with E-state index in [1.165, 1.54) is 0 Å². The first-order chi connectivity index (χ1) is 14.2. The molecule has 3 N–H and O–H groups in total. The van der Waals surface area contributed by atoms with E-state index in [-0.39, 0.29) is 17.4 Å². The fourth-order valence-corrected chi connectivity index (χ4v) is 4.19. The van der Waals surface area contributed by atoms with Crippen molar-refractivity contribution < 1.29 is 4.74 Å². The Balaban J connectivity index is 1.56. The molecule has 0 aliphatic carbocycles. The van der Waals surface area contributed by atoms with Crippen LogP contribution < -0.4 is 15.6 Å². The molecule has 146 valence electrons. The molecule has 2 atom stereocenters. The summed E-state index contributed by atoms with van der Waals surface area (Å²) in [5.74, 6) is 1.81. The summed E-state index contributed by atoms with van der Waals surface area (Å²) in [6.45, 7) is 1.57. The Bertz CT molecular complexity index is 1220. The molecular formula is C22H21N5O2. The average Bonchev–Trinajstić information content (AvgIpc) is 3.45. The Morgan fingerprint density at radius 3 is 2.76 bits per heavy atom. The van der Waals surface area contributed by atoms with Crippen LogP contribution in [0.25, 0.3) is 22.0 Å². The van der Waals surface area contributed by atoms with Gasteiger partial charge in [0.15, 0.2) is 0 Å². The predicted octanol–water partition coefficient (Wildman–Crippen LogP) is 2.79. The summed E-state index contributed by atoms with van der Waals surface area (Å²) in [7, 11) is 1.68. The zero-order chi connectivity index (χ0) is 19.8. The molecule has 1 aliphatic rings. The molecule has 29 heavy (non-hydrogen) atoms. The van der Waals surface area contributed by atoms with Crippen molar-refractivity contribution in [2.45, 2.75) is 11.8 Å². The van der Waals surface area contributed by atoms with Crippen molar-refractivity contribution in [1.82, 2.24) is 25.5 Å². The van der Waals surface area contributed by atoms with E-state index in [9.17, 15) is 4.79 Å². The van der Waals surface area contributed by atoms with Gasteiger partial charge in [-0.1, -0.05) is 24.3 Å². The summed E-state index contributed by atoms with van der Waals surface area (Å²) in [6.07, 6.45) is 3.54. The van der Waals surface area contributed by atoms with Crippen LogP contribution in [-0.4, -0.2) is 40.4 Å². The normalized spacial score (nSPS) is 18.9. The van der Waals surface area contributed by atoms with Gasteiger partial charge < -0.3 is 15.0 Å². The standard InChI is InChI=1S/C22H21N5O2/c1-29-20-5-3-2-4-15(20)17-11-23-12-18(17)21-26-19-7-6-13(14-9-24-25-10-14)8-16(19)22(28)27-21/h2-10,17-18,23H,11-12H2,1H3,(H,24,25)(H,26,27,28). The lowest BCUT2D eigenvalue weighted by molar-refractivity contribution is 0.404. The van der Waals surface area contributed by atoms with Gasteiger partial charge in [-0.25, -0.2) is 4.98 Å². The summed E-state index contributed by atoms with van der Waals surface area (Å²) in [4.78, 5) is 20.7. The minimum atomic E-state index is -0.124. The van der Waals surface area contributed by atoms with E-state index in [1.807, 2.05) is 36.4 Å². The monoisotopic (exact) mass is 387 g/mol. The number of hydrogen-bond acceptors (Lipinski definition) is 5. The van der Waals surface area contributed by atoms with Gasteiger partial charge in [-0.15, -0.1) is 0 Å². The van der Waals surface area contributed by atoms with Crippen LogP contribution in [0.1, 0.15) is 23.2 Å². The van der Waals surface area contributed by atoms with Gasteiger partial charge in [0.2, 0.25) is 0 Å². The van der Waals surface area contributed by atoms with Crippen LogP contribution in [0.5, 0.6) is 5.75 Å². The van der Waals surface area contributed by atoms with E-state index >= 15 is 0 Å². The van der Waals surface area contributed by atoms with Crippen LogP contribution >= 0.6 is 0 Å². The molecule has 7 heteroatoms. The number of H-pyrrole nitrogens is 2. The average molecular weight is 387 g/mol. The molecule has 1 fully saturated rings. The van der Waals surface area contributed by atoms with Gasteiger partial charge in [-0.2, -0.15) is 5.10 Å². The first-order valence-corrected chi connectivity index (χ1v) is 9.61. The molecule has 0 spiro atoms. The molecule has 1 aliphatic heterocycles. The molecule has 7 nitrogen and oxygen atoms in total. The Kier molecular flexibility index (Phi) is 4.37. The fraction of sp³-hybridized carbons (Fsp3) is 0.227. The molecule has 3 heterocycles. The molecule has 4 aromatic rings. The zero-order valence-electron chi connectivity index (χ0n) is 16.0. The Morgan fingerprint density at radius 2 is 1.93 bits per heavy atom. The molecule has 0 radical (unpaired) electrons. The maximum Gasteiger partial charge on any atom is 0.258 e. The lowest BCUT2D eigenvalue weighted by Crippen LogP contribution is -2.19. The summed E-state index contributed by atoms with van der Waals surface area (Å²) in [5, 5.41) is 10.8. The van der Waals surface area contributed by atoms with Gasteiger partial charge in [0.25, 0.3) is 5.56 Å². The highest BCUT2D eigenvalue weighted by Gasteiger charge is 2.33. The highest BCUT2D eigenvalue weighted by Crippen LogP contribution is 2.38. The second-order valence-electron chi connectivity index (χ2n) is 7.28. The number of ether oxygens (including phenoxy) is 1. The number of para-hydroxylation sites is 1. The molecule has 5 rings (SSSR count). The van der Waals surface area contributed by atoms with Gasteiger partial charge in [-0.3, -0.25) is 9.89 Å². The Hall–Kier alpha value is -3.45. The first kappa shape index (κ1) is 17.6. The third-order valence-electron chi connectivity index (χ3n) is 5.66.